The first-order chi connectivity index (χ1) is 27.0. The summed E-state index contributed by atoms with van der Waals surface area (Å²) in [4.78, 5) is 38.0. The van der Waals surface area contributed by atoms with Gasteiger partial charge in [0.2, 0.25) is 0 Å². The number of ether oxygens (including phenoxy) is 6. The average Bonchev–Trinajstić information content (AvgIpc) is 3.19. The molecule has 0 aliphatic heterocycles. The van der Waals surface area contributed by atoms with Crippen LogP contribution in [-0.4, -0.2) is 54.6 Å². The molecular weight excluding hydrogens is 720 g/mol. The van der Waals surface area contributed by atoms with Crippen LogP contribution in [-0.2, 0) is 14.4 Å². The lowest BCUT2D eigenvalue weighted by molar-refractivity contribution is -0.130. The van der Waals surface area contributed by atoms with Gasteiger partial charge in [0.25, 0.3) is 0 Å². The number of hydrogen-bond donors (Lipinski definition) is 3. The Hall–Kier alpha value is -7.73. The van der Waals surface area contributed by atoms with Crippen LogP contribution >= 0.6 is 0 Å². The van der Waals surface area contributed by atoms with E-state index in [4.69, 9.17) is 28.4 Å². The maximum atomic E-state index is 12.8. The molecule has 5 aromatic carbocycles. The Morgan fingerprint density at radius 2 is 0.732 bits per heavy atom. The minimum atomic E-state index is -0.723. The lowest BCUT2D eigenvalue weighted by atomic mass is 10.1. The van der Waals surface area contributed by atoms with Gasteiger partial charge in [-0.25, -0.2) is 14.4 Å². The molecule has 0 radical (unpaired) electrons. The lowest BCUT2D eigenvalue weighted by Gasteiger charge is -2.08. The van der Waals surface area contributed by atoms with Crippen molar-refractivity contribution in [2.24, 2.45) is 0 Å². The zero-order valence-corrected chi connectivity index (χ0v) is 30.4. The van der Waals surface area contributed by atoms with Crippen molar-refractivity contribution in [3.05, 3.63) is 143 Å². The standard InChI is InChI=1S/C44H36O12/c1-51-39-24-29(8-16-36(39)45)11-19-42(48)54-33-14-6-28(7-15-33)4-5-32-22-34(55-43(49)20-12-30-9-17-37(46)40(25-30)52-2)27-35(23-32)56-44(50)21-13-31-10-18-38(47)41(26-31)53-3/h4-27,45-47H,1-3H3/b5-4+,19-11+,20-12+,21-13+. The van der Waals surface area contributed by atoms with E-state index in [2.05, 4.69) is 0 Å². The highest BCUT2D eigenvalue weighted by Crippen LogP contribution is 2.30. The minimum Gasteiger partial charge on any atom is -0.504 e. The Morgan fingerprint density at radius 3 is 1.11 bits per heavy atom. The number of hydrogen-bond acceptors (Lipinski definition) is 12. The van der Waals surface area contributed by atoms with Crippen molar-refractivity contribution in [2.75, 3.05) is 21.3 Å². The molecule has 0 aromatic heterocycles. The number of benzene rings is 5. The van der Waals surface area contributed by atoms with E-state index in [0.717, 1.165) is 5.56 Å². The molecule has 12 nitrogen and oxygen atoms in total. The van der Waals surface area contributed by atoms with Crippen molar-refractivity contribution in [3.8, 4) is 51.7 Å². The highest BCUT2D eigenvalue weighted by Gasteiger charge is 2.10. The lowest BCUT2D eigenvalue weighted by Crippen LogP contribution is -2.06. The smallest absolute Gasteiger partial charge is 0.336 e. The van der Waals surface area contributed by atoms with Gasteiger partial charge < -0.3 is 43.7 Å². The number of rotatable bonds is 14. The van der Waals surface area contributed by atoms with E-state index in [1.165, 1.54) is 82.1 Å². The Labute approximate surface area is 322 Å². The van der Waals surface area contributed by atoms with Crippen molar-refractivity contribution in [1.29, 1.82) is 0 Å². The molecule has 0 fully saturated rings. The molecule has 56 heavy (non-hydrogen) atoms. The largest absolute Gasteiger partial charge is 0.504 e. The molecule has 0 heterocycles. The normalized spacial score (nSPS) is 11.3. The predicted octanol–water partition coefficient (Wildman–Crippen LogP) is 7.86. The summed E-state index contributed by atoms with van der Waals surface area (Å²) in [5, 5.41) is 29.4. The Morgan fingerprint density at radius 1 is 0.393 bits per heavy atom. The summed E-state index contributed by atoms with van der Waals surface area (Å²) in [6, 6.07) is 25.0. The second kappa shape index (κ2) is 18.9. The number of esters is 3. The van der Waals surface area contributed by atoms with Crippen LogP contribution in [0.4, 0.5) is 0 Å². The number of phenolic OH excluding ortho intramolecular Hbond substituents is 3. The third-order valence-corrected chi connectivity index (χ3v) is 7.75. The van der Waals surface area contributed by atoms with E-state index >= 15 is 0 Å². The Bertz CT molecular complexity index is 2240. The second-order valence-corrected chi connectivity index (χ2v) is 11.7. The fourth-order valence-corrected chi connectivity index (χ4v) is 4.98. The summed E-state index contributed by atoms with van der Waals surface area (Å²) in [6.45, 7) is 0. The molecule has 0 aliphatic rings. The third-order valence-electron chi connectivity index (χ3n) is 7.75. The van der Waals surface area contributed by atoms with Crippen molar-refractivity contribution in [3.63, 3.8) is 0 Å². The van der Waals surface area contributed by atoms with Crippen LogP contribution in [0.3, 0.4) is 0 Å². The summed E-state index contributed by atoms with van der Waals surface area (Å²) < 4.78 is 31.8. The van der Waals surface area contributed by atoms with Crippen molar-refractivity contribution in [1.82, 2.24) is 0 Å². The third kappa shape index (κ3) is 11.4. The summed E-state index contributed by atoms with van der Waals surface area (Å²) in [7, 11) is 4.25. The second-order valence-electron chi connectivity index (χ2n) is 11.7. The summed E-state index contributed by atoms with van der Waals surface area (Å²) in [5.41, 5.74) is 3.04. The molecule has 0 saturated heterocycles. The Balaban J connectivity index is 1.30. The number of phenols is 3. The quantitative estimate of drug-likeness (QED) is 0.0435. The van der Waals surface area contributed by atoms with E-state index in [9.17, 15) is 29.7 Å². The van der Waals surface area contributed by atoms with Crippen LogP contribution in [0, 0.1) is 0 Å². The monoisotopic (exact) mass is 756 g/mol. The average molecular weight is 757 g/mol. The molecule has 0 unspecified atom stereocenters. The van der Waals surface area contributed by atoms with Gasteiger partial charge in [0.15, 0.2) is 34.5 Å². The highest BCUT2D eigenvalue weighted by atomic mass is 16.5. The highest BCUT2D eigenvalue weighted by molar-refractivity contribution is 5.91. The van der Waals surface area contributed by atoms with Crippen molar-refractivity contribution in [2.45, 2.75) is 0 Å². The van der Waals surface area contributed by atoms with Gasteiger partial charge >= 0.3 is 17.9 Å². The fourth-order valence-electron chi connectivity index (χ4n) is 4.98. The van der Waals surface area contributed by atoms with E-state index in [1.54, 1.807) is 84.9 Å². The molecule has 0 atom stereocenters. The van der Waals surface area contributed by atoms with E-state index in [0.29, 0.717) is 28.0 Å². The SMILES string of the molecule is COc1cc(/C=C/C(=O)Oc2ccc(/C=C/c3cc(OC(=O)/C=C/c4ccc(O)c(OC)c4)cc(OC(=O)/C=C/c4ccc(O)c(OC)c4)c3)cc2)ccc1O. The van der Waals surface area contributed by atoms with Gasteiger partial charge in [0.05, 0.1) is 21.3 Å². The van der Waals surface area contributed by atoms with Crippen molar-refractivity contribution < 1.29 is 58.1 Å². The van der Waals surface area contributed by atoms with Gasteiger partial charge in [0.1, 0.15) is 17.2 Å². The maximum Gasteiger partial charge on any atom is 0.336 e. The molecular formula is C44H36O12. The fraction of sp³-hybridized carbons (Fsp3) is 0.0682. The van der Waals surface area contributed by atoms with E-state index < -0.39 is 17.9 Å². The maximum absolute atomic E-state index is 12.8. The number of carbonyl (C=O) groups excluding carboxylic acids is 3. The number of aromatic hydroxyl groups is 3. The van der Waals surface area contributed by atoms with Crippen LogP contribution < -0.4 is 28.4 Å². The molecule has 0 amide bonds. The van der Waals surface area contributed by atoms with Crippen molar-refractivity contribution >= 4 is 48.3 Å². The summed E-state index contributed by atoms with van der Waals surface area (Å²) in [5.74, 6) is -0.941. The van der Waals surface area contributed by atoms with Crippen LogP contribution in [0.25, 0.3) is 30.4 Å². The summed E-state index contributed by atoms with van der Waals surface area (Å²) in [6.07, 6.45) is 11.6. The van der Waals surface area contributed by atoms with E-state index in [1.807, 2.05) is 0 Å². The zero-order valence-electron chi connectivity index (χ0n) is 30.4. The van der Waals surface area contributed by atoms with E-state index in [-0.39, 0.29) is 46.0 Å². The molecule has 12 heteroatoms. The minimum absolute atomic E-state index is 0.0172. The first-order valence-electron chi connectivity index (χ1n) is 16.8. The van der Waals surface area contributed by atoms with Crippen LogP contribution in [0.15, 0.2) is 115 Å². The number of methoxy groups -OCH3 is 3. The summed E-state index contributed by atoms with van der Waals surface area (Å²) >= 11 is 0. The van der Waals surface area contributed by atoms with Gasteiger partial charge in [0, 0.05) is 24.3 Å². The van der Waals surface area contributed by atoms with Gasteiger partial charge in [-0.3, -0.25) is 0 Å². The zero-order chi connectivity index (χ0) is 40.0. The van der Waals surface area contributed by atoms with Crippen LogP contribution in [0.2, 0.25) is 0 Å². The topological polar surface area (TPSA) is 167 Å². The van der Waals surface area contributed by atoms with Crippen LogP contribution in [0.5, 0.6) is 51.7 Å². The van der Waals surface area contributed by atoms with Gasteiger partial charge in [-0.15, -0.1) is 0 Å². The van der Waals surface area contributed by atoms with Gasteiger partial charge in [-0.1, -0.05) is 42.5 Å². The van der Waals surface area contributed by atoms with Gasteiger partial charge in [-0.2, -0.15) is 0 Å². The predicted molar refractivity (Wildman–Crippen MR) is 210 cm³/mol. The molecule has 284 valence electrons. The Kier molecular flexibility index (Phi) is 13.3. The molecule has 0 bridgehead atoms. The molecule has 0 aliphatic carbocycles. The van der Waals surface area contributed by atoms with Crippen LogP contribution in [0.1, 0.15) is 27.8 Å². The molecule has 5 rings (SSSR count). The molecule has 0 saturated carbocycles. The van der Waals surface area contributed by atoms with Gasteiger partial charge in [-0.05, 0) is 107 Å². The molecule has 5 aromatic rings. The number of carbonyl (C=O) groups is 3. The molecule has 3 N–H and O–H groups in total. The first kappa shape index (κ1) is 39.5. The first-order valence-corrected chi connectivity index (χ1v) is 16.8. The molecule has 0 spiro atoms.